The summed E-state index contributed by atoms with van der Waals surface area (Å²) in [4.78, 5) is 38.9. The van der Waals surface area contributed by atoms with Gasteiger partial charge in [0.25, 0.3) is 0 Å². The van der Waals surface area contributed by atoms with Gasteiger partial charge in [0.1, 0.15) is 12.1 Å². The minimum Gasteiger partial charge on any atom is -0.479 e. The Bertz CT molecular complexity index is 1170. The molecule has 7 heteroatoms. The highest BCUT2D eigenvalue weighted by Crippen LogP contribution is 2.51. The normalized spacial score (nSPS) is 28.2. The van der Waals surface area contributed by atoms with Crippen LogP contribution >= 0.6 is 0 Å². The minimum atomic E-state index is -1.02. The molecule has 7 nitrogen and oxygen atoms in total. The number of alkyl carbamates (subject to hydrolysis) is 1. The number of benzene rings is 2. The molecule has 5 aliphatic rings. The molecule has 0 radical (unpaired) electrons. The third-order valence-corrected chi connectivity index (χ3v) is 7.92. The number of hydrogen-bond acceptors (Lipinski definition) is 4. The fourth-order valence-electron chi connectivity index (χ4n) is 6.25. The van der Waals surface area contributed by atoms with Crippen molar-refractivity contribution < 1.29 is 24.2 Å². The summed E-state index contributed by atoms with van der Waals surface area (Å²) in [6.07, 6.45) is 4.58. The Morgan fingerprint density at radius 2 is 1.65 bits per heavy atom. The van der Waals surface area contributed by atoms with Crippen molar-refractivity contribution in [3.05, 3.63) is 71.8 Å². The minimum absolute atomic E-state index is 0.0135. The lowest BCUT2D eigenvalue weighted by molar-refractivity contribution is -0.159. The van der Waals surface area contributed by atoms with E-state index in [0.717, 1.165) is 11.1 Å². The van der Waals surface area contributed by atoms with E-state index in [1.807, 2.05) is 24.3 Å². The summed E-state index contributed by atoms with van der Waals surface area (Å²) in [5, 5.41) is 12.5. The number of amides is 2. The number of ether oxygens (including phenoxy) is 1. The van der Waals surface area contributed by atoms with Crippen LogP contribution in [0.1, 0.15) is 36.3 Å². The number of carbonyl (C=O) groups is 3. The molecule has 1 saturated carbocycles. The van der Waals surface area contributed by atoms with Crippen molar-refractivity contribution in [3.63, 3.8) is 0 Å². The first kappa shape index (κ1) is 21.0. The quantitative estimate of drug-likeness (QED) is 0.668. The predicted molar refractivity (Wildman–Crippen MR) is 124 cm³/mol. The van der Waals surface area contributed by atoms with E-state index < -0.39 is 23.5 Å². The Labute approximate surface area is 197 Å². The highest BCUT2D eigenvalue weighted by atomic mass is 16.5. The number of carboxylic acids is 1. The largest absolute Gasteiger partial charge is 0.479 e. The second kappa shape index (κ2) is 7.72. The van der Waals surface area contributed by atoms with Gasteiger partial charge in [-0.2, -0.15) is 0 Å². The van der Waals surface area contributed by atoms with Gasteiger partial charge in [-0.3, -0.25) is 4.79 Å². The Kier molecular flexibility index (Phi) is 4.76. The molecule has 2 saturated heterocycles. The van der Waals surface area contributed by atoms with Gasteiger partial charge >= 0.3 is 12.1 Å². The zero-order valence-electron chi connectivity index (χ0n) is 18.6. The van der Waals surface area contributed by atoms with Gasteiger partial charge in [0, 0.05) is 12.5 Å². The van der Waals surface area contributed by atoms with Crippen LogP contribution in [0.25, 0.3) is 11.1 Å². The fraction of sp³-hybridized carbons (Fsp3) is 0.370. The highest BCUT2D eigenvalue weighted by Gasteiger charge is 2.63. The second-order valence-electron chi connectivity index (χ2n) is 9.86. The molecular weight excluding hydrogens is 432 g/mol. The van der Waals surface area contributed by atoms with Gasteiger partial charge in [-0.1, -0.05) is 60.7 Å². The number of fused-ring (bicyclic) bond motifs is 4. The summed E-state index contributed by atoms with van der Waals surface area (Å²) in [6, 6.07) is 16.0. The summed E-state index contributed by atoms with van der Waals surface area (Å²) in [5.74, 6) is -1.21. The summed E-state index contributed by atoms with van der Waals surface area (Å²) in [5.41, 5.74) is 3.63. The molecule has 2 aromatic carbocycles. The Balaban J connectivity index is 1.06. The van der Waals surface area contributed by atoms with Gasteiger partial charge in [-0.05, 0) is 47.4 Å². The van der Waals surface area contributed by atoms with E-state index in [1.54, 1.807) is 17.1 Å². The van der Waals surface area contributed by atoms with E-state index in [9.17, 15) is 19.5 Å². The number of rotatable bonds is 5. The molecular formula is C27H26N2O5. The first-order valence-corrected chi connectivity index (χ1v) is 11.8. The van der Waals surface area contributed by atoms with Gasteiger partial charge in [-0.15, -0.1) is 0 Å². The van der Waals surface area contributed by atoms with Crippen molar-refractivity contribution >= 4 is 18.0 Å². The predicted octanol–water partition coefficient (Wildman–Crippen LogP) is 3.55. The van der Waals surface area contributed by atoms with Gasteiger partial charge in [-0.25, -0.2) is 9.59 Å². The lowest BCUT2D eigenvalue weighted by atomic mass is 9.73. The van der Waals surface area contributed by atoms with Crippen LogP contribution in [0.4, 0.5) is 4.79 Å². The standard InChI is InChI=1S/C27H26N2O5/c30-24(29-14-16-12-27(29,13-16)25(31)32)17-9-10-18(11-17)28-26(33)34-15-23-21-7-3-1-5-19(21)20-6-2-4-8-22(20)23/h1-10,16-18,23H,11-15H2,(H,28,33)(H,31,32). The average molecular weight is 459 g/mol. The number of nitrogens with zero attached hydrogens (tertiary/aromatic N) is 1. The smallest absolute Gasteiger partial charge is 0.407 e. The maximum absolute atomic E-state index is 13.0. The average Bonchev–Trinajstić information content (AvgIpc) is 3.57. The van der Waals surface area contributed by atoms with Crippen LogP contribution in [0.15, 0.2) is 60.7 Å². The van der Waals surface area contributed by atoms with Crippen LogP contribution in [0.5, 0.6) is 0 Å². The van der Waals surface area contributed by atoms with Gasteiger partial charge in [0.05, 0.1) is 12.0 Å². The molecule has 2 atom stereocenters. The van der Waals surface area contributed by atoms with Crippen molar-refractivity contribution in [2.75, 3.05) is 13.2 Å². The molecule has 3 aliphatic carbocycles. The van der Waals surface area contributed by atoms with Gasteiger partial charge in [0.2, 0.25) is 5.91 Å². The van der Waals surface area contributed by atoms with Crippen molar-refractivity contribution in [2.45, 2.75) is 36.8 Å². The van der Waals surface area contributed by atoms with Crippen molar-refractivity contribution in [3.8, 4) is 11.1 Å². The SMILES string of the molecule is O=C(NC1C=CC(C(=O)N2CC3CC2(C(=O)O)C3)C1)OCC1c2ccccc2-c2ccccc21. The van der Waals surface area contributed by atoms with E-state index in [4.69, 9.17) is 4.74 Å². The van der Waals surface area contributed by atoms with Crippen LogP contribution in [0.2, 0.25) is 0 Å². The highest BCUT2D eigenvalue weighted by molar-refractivity contribution is 5.91. The molecule has 2 aromatic rings. The number of carboxylic acid groups (broad SMARTS) is 1. The van der Waals surface area contributed by atoms with Crippen molar-refractivity contribution in [1.29, 1.82) is 0 Å². The lowest BCUT2D eigenvalue weighted by Gasteiger charge is -2.38. The second-order valence-corrected chi connectivity index (χ2v) is 9.86. The molecule has 2 heterocycles. The zero-order chi connectivity index (χ0) is 23.4. The lowest BCUT2D eigenvalue weighted by Crippen LogP contribution is -2.55. The molecule has 2 bridgehead atoms. The molecule has 3 fully saturated rings. The zero-order valence-corrected chi connectivity index (χ0v) is 18.6. The Hall–Kier alpha value is -3.61. The van der Waals surface area contributed by atoms with Gasteiger partial charge in [0.15, 0.2) is 0 Å². The first-order valence-electron chi connectivity index (χ1n) is 11.8. The van der Waals surface area contributed by atoms with E-state index in [1.165, 1.54) is 11.1 Å². The molecule has 2 amide bonds. The summed E-state index contributed by atoms with van der Waals surface area (Å²) in [6.45, 7) is 0.745. The monoisotopic (exact) mass is 458 g/mol. The van der Waals surface area contributed by atoms with Crippen molar-refractivity contribution in [2.24, 2.45) is 11.8 Å². The van der Waals surface area contributed by atoms with Crippen molar-refractivity contribution in [1.82, 2.24) is 10.2 Å². The third kappa shape index (κ3) is 3.14. The molecule has 0 aromatic heterocycles. The maximum atomic E-state index is 13.0. The number of hydrogen-bond donors (Lipinski definition) is 2. The van der Waals surface area contributed by atoms with E-state index in [2.05, 4.69) is 29.6 Å². The van der Waals surface area contributed by atoms with Crippen LogP contribution in [-0.2, 0) is 14.3 Å². The topological polar surface area (TPSA) is 95.9 Å². The van der Waals surface area contributed by atoms with Gasteiger partial charge < -0.3 is 20.1 Å². The van der Waals surface area contributed by atoms with Crippen LogP contribution in [-0.4, -0.2) is 52.7 Å². The first-order chi connectivity index (χ1) is 16.5. The van der Waals surface area contributed by atoms with E-state index >= 15 is 0 Å². The Morgan fingerprint density at radius 1 is 1.00 bits per heavy atom. The molecule has 0 spiro atoms. The molecule has 2 N–H and O–H groups in total. The molecule has 2 aliphatic heterocycles. The number of carbonyl (C=O) groups excluding carboxylic acids is 2. The van der Waals surface area contributed by atoms with E-state index in [0.29, 0.717) is 31.7 Å². The maximum Gasteiger partial charge on any atom is 0.407 e. The Morgan fingerprint density at radius 3 is 2.29 bits per heavy atom. The van der Waals surface area contributed by atoms with E-state index in [-0.39, 0.29) is 24.5 Å². The fourth-order valence-corrected chi connectivity index (χ4v) is 6.25. The molecule has 2 unspecified atom stereocenters. The van der Waals surface area contributed by atoms with Crippen LogP contribution < -0.4 is 5.32 Å². The van der Waals surface area contributed by atoms with Crippen LogP contribution in [0.3, 0.4) is 0 Å². The third-order valence-electron chi connectivity index (χ3n) is 7.92. The molecule has 7 rings (SSSR count). The molecule has 34 heavy (non-hydrogen) atoms. The summed E-state index contributed by atoms with van der Waals surface area (Å²) >= 11 is 0. The van der Waals surface area contributed by atoms with Crippen LogP contribution in [0, 0.1) is 11.8 Å². The number of aliphatic carboxylic acids is 1. The summed E-state index contributed by atoms with van der Waals surface area (Å²) < 4.78 is 5.61. The number of nitrogens with one attached hydrogen (secondary N) is 1. The molecule has 174 valence electrons. The summed E-state index contributed by atoms with van der Waals surface area (Å²) in [7, 11) is 0.